The minimum Gasteiger partial charge on any atom is -0.385 e. The number of aliphatic hydroxyl groups is 1. The van der Waals surface area contributed by atoms with Crippen LogP contribution in [0, 0.1) is 0 Å². The van der Waals surface area contributed by atoms with Crippen molar-refractivity contribution in [3.8, 4) is 0 Å². The molecule has 6 nitrogen and oxygen atoms in total. The highest BCUT2D eigenvalue weighted by Gasteiger charge is 2.27. The van der Waals surface area contributed by atoms with Gasteiger partial charge in [0.1, 0.15) is 0 Å². The van der Waals surface area contributed by atoms with Gasteiger partial charge in [-0.1, -0.05) is 36.4 Å². The van der Waals surface area contributed by atoms with Crippen LogP contribution in [0.4, 0.5) is 0 Å². The third kappa shape index (κ3) is 5.39. The maximum Gasteiger partial charge on any atom is 0.240 e. The molecule has 29 heavy (non-hydrogen) atoms. The lowest BCUT2D eigenvalue weighted by molar-refractivity contribution is 0.0391. The monoisotopic (exact) mass is 413 g/mol. The maximum atomic E-state index is 12.8. The molecule has 0 saturated heterocycles. The first kappa shape index (κ1) is 21.4. The standard InChI is InChI=1S/C22H27N3O3S/c1-16(12-20(23)14-22(2,26)19-6-4-3-5-7-19)25-29(27,28)21-9-8-18-15-24-11-10-17(18)13-21/h3-11,13,15-16,20,25-26H,12,14,23H2,1-2H3/t16-,20?,22?/m1/s1. The zero-order valence-electron chi connectivity index (χ0n) is 16.6. The molecule has 1 aromatic heterocycles. The predicted octanol–water partition coefficient (Wildman–Crippen LogP) is 2.92. The Morgan fingerprint density at radius 3 is 2.59 bits per heavy atom. The summed E-state index contributed by atoms with van der Waals surface area (Å²) in [5, 5.41) is 12.4. The van der Waals surface area contributed by atoms with E-state index < -0.39 is 15.6 Å². The van der Waals surface area contributed by atoms with Gasteiger partial charge in [0.15, 0.2) is 0 Å². The molecule has 0 bridgehead atoms. The summed E-state index contributed by atoms with van der Waals surface area (Å²) in [4.78, 5) is 4.24. The van der Waals surface area contributed by atoms with E-state index in [1.54, 1.807) is 50.5 Å². The van der Waals surface area contributed by atoms with Gasteiger partial charge in [0, 0.05) is 29.9 Å². The Morgan fingerprint density at radius 2 is 1.86 bits per heavy atom. The largest absolute Gasteiger partial charge is 0.385 e. The van der Waals surface area contributed by atoms with E-state index in [0.717, 1.165) is 16.3 Å². The van der Waals surface area contributed by atoms with E-state index in [2.05, 4.69) is 9.71 Å². The fourth-order valence-electron chi connectivity index (χ4n) is 3.57. The summed E-state index contributed by atoms with van der Waals surface area (Å²) >= 11 is 0. The first-order valence-electron chi connectivity index (χ1n) is 9.57. The molecule has 0 saturated carbocycles. The second-order valence-corrected chi connectivity index (χ2v) is 9.46. The van der Waals surface area contributed by atoms with E-state index in [1.165, 1.54) is 0 Å². The molecule has 0 amide bonds. The van der Waals surface area contributed by atoms with E-state index in [0.29, 0.717) is 12.8 Å². The highest BCUT2D eigenvalue weighted by Crippen LogP contribution is 2.26. The smallest absolute Gasteiger partial charge is 0.240 e. The van der Waals surface area contributed by atoms with Crippen molar-refractivity contribution >= 4 is 20.8 Å². The Labute approximate surface area is 171 Å². The van der Waals surface area contributed by atoms with Crippen LogP contribution in [-0.2, 0) is 15.6 Å². The molecule has 0 aliphatic heterocycles. The predicted molar refractivity (Wildman–Crippen MR) is 115 cm³/mol. The molecule has 0 spiro atoms. The average Bonchev–Trinajstić information content (AvgIpc) is 2.67. The van der Waals surface area contributed by atoms with Gasteiger partial charge in [-0.05, 0) is 55.8 Å². The van der Waals surface area contributed by atoms with Gasteiger partial charge in [0.25, 0.3) is 0 Å². The summed E-state index contributed by atoms with van der Waals surface area (Å²) < 4.78 is 28.2. The SMILES string of the molecule is C[C@H](CC(N)CC(C)(O)c1ccccc1)NS(=O)(=O)c1ccc2cnccc2c1. The number of nitrogens with one attached hydrogen (secondary N) is 1. The molecule has 154 valence electrons. The molecule has 3 atom stereocenters. The molecule has 1 heterocycles. The third-order valence-electron chi connectivity index (χ3n) is 4.99. The van der Waals surface area contributed by atoms with Crippen LogP contribution >= 0.6 is 0 Å². The fraction of sp³-hybridized carbons (Fsp3) is 0.318. The van der Waals surface area contributed by atoms with Crippen LogP contribution in [0.1, 0.15) is 32.3 Å². The molecule has 0 aliphatic rings. The van der Waals surface area contributed by atoms with Gasteiger partial charge in [0.05, 0.1) is 10.5 Å². The Bertz CT molecular complexity index is 1070. The zero-order chi connectivity index (χ0) is 21.1. The highest BCUT2D eigenvalue weighted by molar-refractivity contribution is 7.89. The Hall–Kier alpha value is -2.32. The van der Waals surface area contributed by atoms with Crippen molar-refractivity contribution in [1.29, 1.82) is 0 Å². The van der Waals surface area contributed by atoms with Crippen LogP contribution in [0.2, 0.25) is 0 Å². The zero-order valence-corrected chi connectivity index (χ0v) is 17.4. The molecule has 0 radical (unpaired) electrons. The molecule has 0 aliphatic carbocycles. The summed E-state index contributed by atoms with van der Waals surface area (Å²) in [6, 6.07) is 15.3. The van der Waals surface area contributed by atoms with E-state index >= 15 is 0 Å². The van der Waals surface area contributed by atoms with E-state index in [9.17, 15) is 13.5 Å². The van der Waals surface area contributed by atoms with Gasteiger partial charge >= 0.3 is 0 Å². The van der Waals surface area contributed by atoms with E-state index in [-0.39, 0.29) is 17.0 Å². The number of pyridine rings is 1. The van der Waals surface area contributed by atoms with Crippen molar-refractivity contribution in [1.82, 2.24) is 9.71 Å². The lowest BCUT2D eigenvalue weighted by Crippen LogP contribution is -2.40. The van der Waals surface area contributed by atoms with Crippen molar-refractivity contribution in [2.24, 2.45) is 5.73 Å². The molecule has 7 heteroatoms. The number of nitrogens with two attached hydrogens (primary N) is 1. The maximum absolute atomic E-state index is 12.8. The number of sulfonamides is 1. The molecule has 3 aromatic rings. The first-order chi connectivity index (χ1) is 13.7. The van der Waals surface area contributed by atoms with Crippen molar-refractivity contribution in [3.63, 3.8) is 0 Å². The van der Waals surface area contributed by atoms with Crippen LogP contribution in [0.5, 0.6) is 0 Å². The molecule has 2 aromatic carbocycles. The van der Waals surface area contributed by atoms with Gasteiger partial charge in [-0.3, -0.25) is 4.98 Å². The number of fused-ring (bicyclic) bond motifs is 1. The summed E-state index contributed by atoms with van der Waals surface area (Å²) in [7, 11) is -3.68. The van der Waals surface area contributed by atoms with Crippen LogP contribution in [0.15, 0.2) is 71.9 Å². The van der Waals surface area contributed by atoms with Crippen LogP contribution in [0.3, 0.4) is 0 Å². The van der Waals surface area contributed by atoms with Crippen molar-refractivity contribution in [2.45, 2.75) is 49.3 Å². The topological polar surface area (TPSA) is 105 Å². The van der Waals surface area contributed by atoms with Gasteiger partial charge in [-0.25, -0.2) is 13.1 Å². The molecular weight excluding hydrogens is 386 g/mol. The molecule has 0 fully saturated rings. The van der Waals surface area contributed by atoms with Gasteiger partial charge in [-0.15, -0.1) is 0 Å². The minimum absolute atomic E-state index is 0.202. The molecular formula is C22H27N3O3S. The summed E-state index contributed by atoms with van der Waals surface area (Å²) in [6.07, 6.45) is 4.05. The van der Waals surface area contributed by atoms with E-state index in [4.69, 9.17) is 5.73 Å². The lowest BCUT2D eigenvalue weighted by atomic mass is 9.87. The van der Waals surface area contributed by atoms with Crippen molar-refractivity contribution < 1.29 is 13.5 Å². The fourth-order valence-corrected chi connectivity index (χ4v) is 4.86. The Kier molecular flexibility index (Phi) is 6.33. The van der Waals surface area contributed by atoms with Crippen LogP contribution in [0.25, 0.3) is 10.8 Å². The van der Waals surface area contributed by atoms with Crippen LogP contribution < -0.4 is 10.5 Å². The summed E-state index contributed by atoms with van der Waals surface area (Å²) in [5.41, 5.74) is 5.94. The number of nitrogens with zero attached hydrogens (tertiary/aromatic N) is 1. The van der Waals surface area contributed by atoms with Crippen molar-refractivity contribution in [2.75, 3.05) is 0 Å². The summed E-state index contributed by atoms with van der Waals surface area (Å²) in [6.45, 7) is 3.50. The number of benzene rings is 2. The normalized spacial score (nSPS) is 16.3. The number of rotatable bonds is 8. The molecule has 3 rings (SSSR count). The van der Waals surface area contributed by atoms with Gasteiger partial charge < -0.3 is 10.8 Å². The minimum atomic E-state index is -3.68. The van der Waals surface area contributed by atoms with E-state index in [1.807, 2.05) is 30.3 Å². The second-order valence-electron chi connectivity index (χ2n) is 7.75. The second kappa shape index (κ2) is 8.59. The summed E-state index contributed by atoms with van der Waals surface area (Å²) in [5.74, 6) is 0. The quantitative estimate of drug-likeness (QED) is 0.527. The third-order valence-corrected chi connectivity index (χ3v) is 6.58. The number of aromatic nitrogens is 1. The number of hydrogen-bond donors (Lipinski definition) is 3. The van der Waals surface area contributed by atoms with Crippen LogP contribution in [-0.4, -0.2) is 30.6 Å². The molecule has 4 N–H and O–H groups in total. The first-order valence-corrected chi connectivity index (χ1v) is 11.1. The average molecular weight is 414 g/mol. The highest BCUT2D eigenvalue weighted by atomic mass is 32.2. The Morgan fingerprint density at radius 1 is 1.14 bits per heavy atom. The van der Waals surface area contributed by atoms with Gasteiger partial charge in [-0.2, -0.15) is 0 Å². The van der Waals surface area contributed by atoms with Gasteiger partial charge in [0.2, 0.25) is 10.0 Å². The van der Waals surface area contributed by atoms with Crippen molar-refractivity contribution in [3.05, 3.63) is 72.6 Å². The lowest BCUT2D eigenvalue weighted by Gasteiger charge is -2.28. The Balaban J connectivity index is 1.64. The molecule has 2 unspecified atom stereocenters. The number of hydrogen-bond acceptors (Lipinski definition) is 5.